The second-order valence-electron chi connectivity index (χ2n) is 6.56. The Hall–Kier alpha value is -2.29. The minimum absolute atomic E-state index is 0.131. The highest BCUT2D eigenvalue weighted by molar-refractivity contribution is 5.84. The normalized spacial score (nSPS) is 19.6. The minimum atomic E-state index is 0.131. The van der Waals surface area contributed by atoms with E-state index in [1.165, 1.54) is 11.3 Å². The van der Waals surface area contributed by atoms with Crippen molar-refractivity contribution in [2.75, 3.05) is 11.9 Å². The van der Waals surface area contributed by atoms with Gasteiger partial charge in [0, 0.05) is 30.4 Å². The van der Waals surface area contributed by atoms with Gasteiger partial charge < -0.3 is 10.0 Å². The first-order chi connectivity index (χ1) is 10.4. The molecule has 0 bridgehead atoms. The van der Waals surface area contributed by atoms with Crippen LogP contribution >= 0.6 is 0 Å². The molecule has 1 aliphatic rings. The molecule has 114 valence electrons. The Morgan fingerprint density at radius 2 is 1.82 bits per heavy atom. The Bertz CT molecular complexity index is 717. The summed E-state index contributed by atoms with van der Waals surface area (Å²) in [7, 11) is 2.16. The van der Waals surface area contributed by atoms with Crippen molar-refractivity contribution in [1.29, 1.82) is 0 Å². The predicted octanol–water partition coefficient (Wildman–Crippen LogP) is 4.26. The number of nitrogens with zero attached hydrogens (tertiary/aromatic N) is 2. The molecular weight excluding hydrogens is 272 g/mol. The molecule has 0 saturated heterocycles. The Kier molecular flexibility index (Phi) is 3.44. The van der Waals surface area contributed by atoms with Crippen molar-refractivity contribution < 1.29 is 5.11 Å². The number of aliphatic imine (C=N–C) groups is 1. The average Bonchev–Trinajstić information content (AvgIpc) is 2.68. The van der Waals surface area contributed by atoms with Gasteiger partial charge in [-0.25, -0.2) is 0 Å². The van der Waals surface area contributed by atoms with E-state index in [-0.39, 0.29) is 11.2 Å². The molecule has 2 aromatic rings. The Balaban J connectivity index is 1.92. The first-order valence-corrected chi connectivity index (χ1v) is 7.60. The first-order valence-electron chi connectivity index (χ1n) is 7.60. The molecule has 1 aliphatic heterocycles. The molecular formula is C19H22N2O. The molecule has 0 amide bonds. The van der Waals surface area contributed by atoms with Crippen LogP contribution in [0.1, 0.15) is 31.9 Å². The van der Waals surface area contributed by atoms with Gasteiger partial charge in [0.25, 0.3) is 0 Å². The molecule has 0 saturated carbocycles. The highest BCUT2D eigenvalue weighted by atomic mass is 16.3. The molecule has 0 radical (unpaired) electrons. The first kappa shape index (κ1) is 14.6. The van der Waals surface area contributed by atoms with Gasteiger partial charge in [-0.3, -0.25) is 4.99 Å². The Morgan fingerprint density at radius 1 is 1.14 bits per heavy atom. The molecule has 1 unspecified atom stereocenters. The van der Waals surface area contributed by atoms with Gasteiger partial charge in [0.2, 0.25) is 0 Å². The summed E-state index contributed by atoms with van der Waals surface area (Å²) in [6, 6.07) is 13.9. The number of phenols is 1. The highest BCUT2D eigenvalue weighted by Crippen LogP contribution is 2.44. The second-order valence-corrected chi connectivity index (χ2v) is 6.56. The van der Waals surface area contributed by atoms with E-state index in [0.29, 0.717) is 6.04 Å². The summed E-state index contributed by atoms with van der Waals surface area (Å²) in [6.07, 6.45) is 1.88. The van der Waals surface area contributed by atoms with Crippen LogP contribution in [0, 0.1) is 0 Å². The standard InChI is InChI=1S/C19H22N2O/c1-13-19(2,3)17-11-14(5-10-18(17)21(13)4)12-20-15-6-8-16(22)9-7-15/h5-13,22H,1-4H3. The zero-order chi connectivity index (χ0) is 15.9. The van der Waals surface area contributed by atoms with Crippen LogP contribution in [0.5, 0.6) is 5.75 Å². The summed E-state index contributed by atoms with van der Waals surface area (Å²) in [5.41, 5.74) is 4.74. The van der Waals surface area contributed by atoms with Crippen LogP contribution in [0.4, 0.5) is 11.4 Å². The van der Waals surface area contributed by atoms with Gasteiger partial charge in [-0.2, -0.15) is 0 Å². The van der Waals surface area contributed by atoms with E-state index < -0.39 is 0 Å². The predicted molar refractivity (Wildman–Crippen MR) is 92.7 cm³/mol. The topological polar surface area (TPSA) is 35.8 Å². The number of benzene rings is 2. The van der Waals surface area contributed by atoms with E-state index in [1.54, 1.807) is 24.3 Å². The van der Waals surface area contributed by atoms with Crippen LogP contribution in [-0.2, 0) is 5.41 Å². The monoisotopic (exact) mass is 294 g/mol. The third-order valence-electron chi connectivity index (χ3n) is 4.93. The Labute approximate surface area is 131 Å². The van der Waals surface area contributed by atoms with Crippen molar-refractivity contribution >= 4 is 17.6 Å². The van der Waals surface area contributed by atoms with Gasteiger partial charge >= 0.3 is 0 Å². The van der Waals surface area contributed by atoms with Crippen LogP contribution < -0.4 is 4.90 Å². The Morgan fingerprint density at radius 3 is 2.50 bits per heavy atom. The summed E-state index contributed by atoms with van der Waals surface area (Å²) < 4.78 is 0. The van der Waals surface area contributed by atoms with Crippen LogP contribution in [0.15, 0.2) is 47.5 Å². The number of hydrogen-bond donors (Lipinski definition) is 1. The van der Waals surface area contributed by atoms with Crippen LogP contribution in [0.2, 0.25) is 0 Å². The fourth-order valence-electron chi connectivity index (χ4n) is 3.06. The number of fused-ring (bicyclic) bond motifs is 1. The lowest BCUT2D eigenvalue weighted by molar-refractivity contribution is 0.454. The summed E-state index contributed by atoms with van der Waals surface area (Å²) in [5.74, 6) is 0.259. The molecule has 1 heterocycles. The van der Waals surface area contributed by atoms with Crippen molar-refractivity contribution in [1.82, 2.24) is 0 Å². The van der Waals surface area contributed by atoms with Crippen molar-refractivity contribution in [3.8, 4) is 5.75 Å². The van der Waals surface area contributed by atoms with E-state index in [2.05, 4.69) is 55.9 Å². The zero-order valence-corrected chi connectivity index (χ0v) is 13.5. The fourth-order valence-corrected chi connectivity index (χ4v) is 3.06. The van der Waals surface area contributed by atoms with Gasteiger partial charge in [-0.05, 0) is 54.4 Å². The number of phenolic OH excluding ortho intramolecular Hbond substituents is 1. The van der Waals surface area contributed by atoms with Crippen molar-refractivity contribution in [3.63, 3.8) is 0 Å². The molecule has 3 nitrogen and oxygen atoms in total. The summed E-state index contributed by atoms with van der Waals surface area (Å²) in [4.78, 5) is 6.82. The quantitative estimate of drug-likeness (QED) is 0.840. The van der Waals surface area contributed by atoms with Gasteiger partial charge in [0.1, 0.15) is 5.75 Å². The number of aromatic hydroxyl groups is 1. The lowest BCUT2D eigenvalue weighted by Gasteiger charge is -2.28. The molecule has 2 aromatic carbocycles. The molecule has 0 spiro atoms. The van der Waals surface area contributed by atoms with E-state index in [0.717, 1.165) is 11.3 Å². The highest BCUT2D eigenvalue weighted by Gasteiger charge is 2.39. The molecule has 0 aliphatic carbocycles. The molecule has 0 aromatic heterocycles. The zero-order valence-electron chi connectivity index (χ0n) is 13.5. The summed E-state index contributed by atoms with van der Waals surface area (Å²) in [6.45, 7) is 6.85. The van der Waals surface area contributed by atoms with Crippen LogP contribution in [0.25, 0.3) is 0 Å². The van der Waals surface area contributed by atoms with Gasteiger partial charge in [0.05, 0.1) is 5.69 Å². The van der Waals surface area contributed by atoms with Gasteiger partial charge in [-0.1, -0.05) is 19.9 Å². The number of rotatable bonds is 2. The fraction of sp³-hybridized carbons (Fsp3) is 0.316. The van der Waals surface area contributed by atoms with E-state index >= 15 is 0 Å². The average molecular weight is 294 g/mol. The molecule has 22 heavy (non-hydrogen) atoms. The molecule has 3 heteroatoms. The number of anilines is 1. The van der Waals surface area contributed by atoms with Gasteiger partial charge in [0.15, 0.2) is 0 Å². The molecule has 3 rings (SSSR count). The molecule has 1 N–H and O–H groups in total. The van der Waals surface area contributed by atoms with Crippen LogP contribution in [0.3, 0.4) is 0 Å². The molecule has 1 atom stereocenters. The van der Waals surface area contributed by atoms with E-state index in [1.807, 2.05) is 6.21 Å². The number of hydrogen-bond acceptors (Lipinski definition) is 3. The largest absolute Gasteiger partial charge is 0.508 e. The summed E-state index contributed by atoms with van der Waals surface area (Å²) in [5, 5.41) is 9.30. The number of likely N-dealkylation sites (N-methyl/N-ethyl adjacent to an activating group) is 1. The van der Waals surface area contributed by atoms with Crippen LogP contribution in [-0.4, -0.2) is 24.4 Å². The van der Waals surface area contributed by atoms with E-state index in [4.69, 9.17) is 0 Å². The van der Waals surface area contributed by atoms with Gasteiger partial charge in [-0.15, -0.1) is 0 Å². The smallest absolute Gasteiger partial charge is 0.115 e. The third-order valence-corrected chi connectivity index (χ3v) is 4.93. The lowest BCUT2D eigenvalue weighted by Crippen LogP contribution is -2.36. The third kappa shape index (κ3) is 2.37. The summed E-state index contributed by atoms with van der Waals surface area (Å²) >= 11 is 0. The van der Waals surface area contributed by atoms with Crippen molar-refractivity contribution in [3.05, 3.63) is 53.6 Å². The maximum Gasteiger partial charge on any atom is 0.115 e. The SMILES string of the molecule is CC1N(C)c2ccc(C=Nc3ccc(O)cc3)cc2C1(C)C. The van der Waals surface area contributed by atoms with E-state index in [9.17, 15) is 5.11 Å². The van der Waals surface area contributed by atoms with Crippen molar-refractivity contribution in [2.24, 2.45) is 4.99 Å². The van der Waals surface area contributed by atoms with Crippen molar-refractivity contribution in [2.45, 2.75) is 32.2 Å². The molecule has 0 fully saturated rings. The maximum absolute atomic E-state index is 9.30. The lowest BCUT2D eigenvalue weighted by atomic mass is 9.81. The minimum Gasteiger partial charge on any atom is -0.508 e. The maximum atomic E-state index is 9.30. The second kappa shape index (κ2) is 5.16.